The van der Waals surface area contributed by atoms with E-state index in [9.17, 15) is 48.6 Å². The van der Waals surface area contributed by atoms with Crippen LogP contribution >= 0.6 is 0 Å². The molecule has 20 nitrogen and oxygen atoms in total. The maximum Gasteiger partial charge on any atom is 0.246 e. The Morgan fingerprint density at radius 2 is 1.03 bits per heavy atom. The third-order valence-corrected chi connectivity index (χ3v) is 13.7. The van der Waals surface area contributed by atoms with E-state index in [1.54, 1.807) is 66.7 Å². The molecular formula is C54H66N10O10. The van der Waals surface area contributed by atoms with Crippen molar-refractivity contribution in [2.45, 2.75) is 113 Å². The zero-order valence-corrected chi connectivity index (χ0v) is 41.1. The Labute approximate surface area is 429 Å². The number of nitrogens with two attached hydrogens (primary N) is 2. The maximum absolute atomic E-state index is 14.8. The molecule has 3 fully saturated rings. The van der Waals surface area contributed by atoms with Crippen LogP contribution in [0.4, 0.5) is 0 Å². The Morgan fingerprint density at radius 1 is 0.568 bits per heavy atom. The van der Waals surface area contributed by atoms with Gasteiger partial charge in [0, 0.05) is 45.4 Å². The van der Waals surface area contributed by atoms with Crippen molar-refractivity contribution in [3.63, 3.8) is 0 Å². The van der Waals surface area contributed by atoms with Crippen LogP contribution in [0.5, 0.6) is 11.5 Å². The molecule has 3 aliphatic heterocycles. The lowest BCUT2D eigenvalue weighted by Crippen LogP contribution is -2.60. The number of rotatable bonds is 12. The number of carbonyl (C=O) groups excluding carboxylic acids is 8. The summed E-state index contributed by atoms with van der Waals surface area (Å²) in [5.74, 6) is -4.97. The van der Waals surface area contributed by atoms with Crippen LogP contribution in [-0.4, -0.2) is 142 Å². The number of phenolic OH excluding ortho intramolecular Hbond substituents is 2. The van der Waals surface area contributed by atoms with Gasteiger partial charge in [-0.2, -0.15) is 0 Å². The summed E-state index contributed by atoms with van der Waals surface area (Å²) in [5.41, 5.74) is 15.3. The standard InChI is InChI=1S/C54H66N10O10/c55-39-23-25-57-51(71)45-13-7-28-64(45)54(74)44(32-34-11-5-2-6-12-34)62-49(69)41(24-26-58-52(72)46-14-8-27-63(46)53(73)43(61-47(39)67)31-33-9-3-1-4-10-33)59-50(70)42(30-36-17-21-38(66)22-18-36)60-48(68)40(56)29-35-15-19-37(65)20-16-35/h1-6,9-12,15-22,39-46,65-66H,7-8,13-14,23-32,55-56H2,(H,57,71)(H,58,72)(H,59,70)(H,60,68)(H,61,67)(H,62,69)/t39-,40+,41?,42+,43+,44+,45+,46+/m1/s1. The summed E-state index contributed by atoms with van der Waals surface area (Å²) in [6, 6.07) is 20.9. The maximum atomic E-state index is 14.8. The molecule has 1 unspecified atom stereocenters. The predicted molar refractivity (Wildman–Crippen MR) is 272 cm³/mol. The number of amides is 8. The first kappa shape index (κ1) is 53.9. The van der Waals surface area contributed by atoms with E-state index in [-0.39, 0.29) is 76.2 Å². The quantitative estimate of drug-likeness (QED) is 0.0896. The van der Waals surface area contributed by atoms with Gasteiger partial charge in [-0.25, -0.2) is 0 Å². The fraction of sp³-hybridized carbons (Fsp3) is 0.407. The summed E-state index contributed by atoms with van der Waals surface area (Å²) in [6.07, 6.45) is 1.43. The van der Waals surface area contributed by atoms with Crippen molar-refractivity contribution in [2.24, 2.45) is 11.5 Å². The molecule has 8 amide bonds. The fourth-order valence-electron chi connectivity index (χ4n) is 9.59. The summed E-state index contributed by atoms with van der Waals surface area (Å²) in [4.78, 5) is 117. The molecule has 20 heteroatoms. The Kier molecular flexibility index (Phi) is 18.7. The fourth-order valence-corrected chi connectivity index (χ4v) is 9.59. The highest BCUT2D eigenvalue weighted by molar-refractivity contribution is 5.97. The SMILES string of the molecule is N[C@@H]1CCNC(=O)[C@@H]2CCCN2C(=O)[C@H](Cc2ccccc2)NC(=O)C(NC(=O)[C@H](Cc2ccc(O)cc2)NC(=O)[C@@H](N)Cc2ccc(O)cc2)CCNC(=O)[C@@H]2CCCN2C(=O)[C@H](Cc2ccccc2)NC1=O. The Balaban J connectivity index is 1.19. The van der Waals surface area contributed by atoms with Crippen molar-refractivity contribution in [2.75, 3.05) is 26.2 Å². The second kappa shape index (κ2) is 25.7. The van der Waals surface area contributed by atoms with E-state index < -0.39 is 95.6 Å². The van der Waals surface area contributed by atoms with Crippen LogP contribution in [0.2, 0.25) is 0 Å². The normalized spacial score (nSPS) is 23.3. The minimum Gasteiger partial charge on any atom is -0.508 e. The van der Waals surface area contributed by atoms with Gasteiger partial charge in [0.15, 0.2) is 0 Å². The first-order valence-corrected chi connectivity index (χ1v) is 25.2. The molecule has 0 radical (unpaired) electrons. The number of hydrogen-bond donors (Lipinski definition) is 10. The molecule has 0 saturated carbocycles. The number of nitrogens with zero attached hydrogens (tertiary/aromatic N) is 2. The zero-order valence-electron chi connectivity index (χ0n) is 41.1. The molecule has 0 spiro atoms. The van der Waals surface area contributed by atoms with Crippen molar-refractivity contribution in [3.05, 3.63) is 131 Å². The van der Waals surface area contributed by atoms with Gasteiger partial charge in [-0.3, -0.25) is 38.4 Å². The highest BCUT2D eigenvalue weighted by Crippen LogP contribution is 2.23. The number of nitrogens with one attached hydrogen (secondary N) is 6. The molecule has 12 N–H and O–H groups in total. The largest absolute Gasteiger partial charge is 0.508 e. The van der Waals surface area contributed by atoms with Gasteiger partial charge in [0.2, 0.25) is 47.3 Å². The lowest BCUT2D eigenvalue weighted by Gasteiger charge is -2.31. The number of aromatic hydroxyl groups is 2. The molecule has 3 heterocycles. The molecule has 0 aromatic heterocycles. The van der Waals surface area contributed by atoms with Gasteiger partial charge in [0.1, 0.15) is 47.8 Å². The van der Waals surface area contributed by atoms with Crippen molar-refractivity contribution < 1.29 is 48.6 Å². The lowest BCUT2D eigenvalue weighted by atomic mass is 10.0. The Morgan fingerprint density at radius 3 is 1.53 bits per heavy atom. The van der Waals surface area contributed by atoms with Gasteiger partial charge >= 0.3 is 0 Å². The van der Waals surface area contributed by atoms with Gasteiger partial charge in [-0.15, -0.1) is 0 Å². The predicted octanol–water partition coefficient (Wildman–Crippen LogP) is -0.0296. The number of phenols is 2. The molecule has 3 saturated heterocycles. The van der Waals surface area contributed by atoms with E-state index in [4.69, 9.17) is 11.5 Å². The molecule has 74 heavy (non-hydrogen) atoms. The summed E-state index contributed by atoms with van der Waals surface area (Å²) >= 11 is 0. The van der Waals surface area contributed by atoms with Crippen LogP contribution < -0.4 is 43.4 Å². The second-order valence-electron chi connectivity index (χ2n) is 19.1. The first-order chi connectivity index (χ1) is 35.6. The molecule has 0 bridgehead atoms. The van der Waals surface area contributed by atoms with Crippen molar-refractivity contribution in [1.82, 2.24) is 41.7 Å². The molecule has 8 atom stereocenters. The smallest absolute Gasteiger partial charge is 0.246 e. The summed E-state index contributed by atoms with van der Waals surface area (Å²) in [7, 11) is 0. The van der Waals surface area contributed by atoms with E-state index in [0.717, 1.165) is 5.56 Å². The van der Waals surface area contributed by atoms with Crippen molar-refractivity contribution >= 4 is 47.3 Å². The van der Waals surface area contributed by atoms with Crippen LogP contribution in [0.3, 0.4) is 0 Å². The Bertz CT molecular complexity index is 2610. The molecule has 4 aromatic rings. The lowest BCUT2D eigenvalue weighted by molar-refractivity contribution is -0.142. The molecule has 3 aliphatic rings. The van der Waals surface area contributed by atoms with Crippen LogP contribution in [0.15, 0.2) is 109 Å². The number of benzene rings is 4. The highest BCUT2D eigenvalue weighted by atomic mass is 16.3. The van der Waals surface area contributed by atoms with Crippen molar-refractivity contribution in [1.29, 1.82) is 0 Å². The van der Waals surface area contributed by atoms with E-state index in [1.807, 2.05) is 18.2 Å². The van der Waals surface area contributed by atoms with Crippen LogP contribution in [0.1, 0.15) is 60.8 Å². The van der Waals surface area contributed by atoms with Gasteiger partial charge in [0.05, 0.1) is 12.1 Å². The van der Waals surface area contributed by atoms with Gasteiger partial charge in [-0.1, -0.05) is 84.9 Å². The van der Waals surface area contributed by atoms with E-state index in [1.165, 1.54) is 34.1 Å². The summed E-state index contributed by atoms with van der Waals surface area (Å²) in [6.45, 7) is 0.197. The summed E-state index contributed by atoms with van der Waals surface area (Å²) < 4.78 is 0. The van der Waals surface area contributed by atoms with Crippen LogP contribution in [0.25, 0.3) is 0 Å². The van der Waals surface area contributed by atoms with Gasteiger partial charge < -0.3 is 63.4 Å². The van der Waals surface area contributed by atoms with E-state index >= 15 is 0 Å². The number of hydrogen-bond acceptors (Lipinski definition) is 12. The van der Waals surface area contributed by atoms with E-state index in [2.05, 4.69) is 31.9 Å². The average molecular weight is 1020 g/mol. The minimum absolute atomic E-state index is 0.00508. The number of carbonyl (C=O) groups is 8. The minimum atomic E-state index is -1.44. The van der Waals surface area contributed by atoms with Crippen LogP contribution in [0, 0.1) is 0 Å². The molecule has 4 aromatic carbocycles. The van der Waals surface area contributed by atoms with E-state index in [0.29, 0.717) is 42.4 Å². The molecule has 392 valence electrons. The summed E-state index contributed by atoms with van der Waals surface area (Å²) in [5, 5.41) is 36.6. The molecular weight excluding hydrogens is 949 g/mol. The second-order valence-corrected chi connectivity index (χ2v) is 19.1. The monoisotopic (exact) mass is 1010 g/mol. The highest BCUT2D eigenvalue weighted by Gasteiger charge is 2.41. The van der Waals surface area contributed by atoms with Gasteiger partial charge in [0.25, 0.3) is 0 Å². The zero-order chi connectivity index (χ0) is 52.7. The van der Waals surface area contributed by atoms with Gasteiger partial charge in [-0.05, 0) is 91.5 Å². The topological polar surface area (TPSA) is 308 Å². The van der Waals surface area contributed by atoms with Crippen molar-refractivity contribution in [3.8, 4) is 11.5 Å². The third kappa shape index (κ3) is 14.7. The first-order valence-electron chi connectivity index (χ1n) is 25.2. The molecule has 7 rings (SSSR count). The molecule has 0 aliphatic carbocycles. The number of fused-ring (bicyclic) bond motifs is 2. The Hall–Kier alpha value is -7.84. The van der Waals surface area contributed by atoms with Crippen LogP contribution in [-0.2, 0) is 64.0 Å². The average Bonchev–Trinajstić information content (AvgIpc) is 4.11. The third-order valence-electron chi connectivity index (χ3n) is 13.7.